The number of nitrogens with one attached hydrogen (secondary N) is 1. The summed E-state index contributed by atoms with van der Waals surface area (Å²) >= 11 is 0. The summed E-state index contributed by atoms with van der Waals surface area (Å²) < 4.78 is 12.9. The van der Waals surface area contributed by atoms with Crippen molar-refractivity contribution in [1.82, 2.24) is 15.2 Å². The fraction of sp³-hybridized carbons (Fsp3) is 0.400. The standard InChI is InChI=1S/C15H20FN5/c1-3-9-21(10-4-2)14-11-17-20-15(19-14)18-13-7-5-12(16)6-8-13/h5-8,11H,3-4,9-10H2,1-2H3,(H,18,19,20). The van der Waals surface area contributed by atoms with Gasteiger partial charge in [-0.05, 0) is 37.1 Å². The van der Waals surface area contributed by atoms with Crippen molar-refractivity contribution in [3.63, 3.8) is 0 Å². The first-order chi connectivity index (χ1) is 10.2. The molecule has 5 nitrogen and oxygen atoms in total. The number of nitrogens with zero attached hydrogens (tertiary/aromatic N) is 4. The third-order valence-electron chi connectivity index (χ3n) is 2.96. The van der Waals surface area contributed by atoms with Gasteiger partial charge in [-0.2, -0.15) is 10.1 Å². The van der Waals surface area contributed by atoms with E-state index in [4.69, 9.17) is 0 Å². The van der Waals surface area contributed by atoms with Crippen molar-refractivity contribution in [3.8, 4) is 0 Å². The van der Waals surface area contributed by atoms with Gasteiger partial charge in [-0.25, -0.2) is 4.39 Å². The van der Waals surface area contributed by atoms with Crippen LogP contribution >= 0.6 is 0 Å². The monoisotopic (exact) mass is 289 g/mol. The second-order valence-corrected chi connectivity index (χ2v) is 4.76. The minimum absolute atomic E-state index is 0.273. The third-order valence-corrected chi connectivity index (χ3v) is 2.96. The van der Waals surface area contributed by atoms with Crippen LogP contribution < -0.4 is 10.2 Å². The molecule has 1 heterocycles. The molecule has 0 aliphatic rings. The van der Waals surface area contributed by atoms with Crippen LogP contribution in [0.1, 0.15) is 26.7 Å². The zero-order chi connectivity index (χ0) is 15.1. The Morgan fingerprint density at radius 1 is 1.10 bits per heavy atom. The Labute approximate surface area is 124 Å². The number of hydrogen-bond acceptors (Lipinski definition) is 5. The van der Waals surface area contributed by atoms with E-state index in [0.717, 1.165) is 37.4 Å². The van der Waals surface area contributed by atoms with Crippen molar-refractivity contribution < 1.29 is 4.39 Å². The second kappa shape index (κ2) is 7.52. The molecule has 6 heteroatoms. The molecule has 0 unspecified atom stereocenters. The summed E-state index contributed by atoms with van der Waals surface area (Å²) in [7, 11) is 0. The van der Waals surface area contributed by atoms with Gasteiger partial charge in [-0.3, -0.25) is 0 Å². The molecule has 0 bridgehead atoms. The van der Waals surface area contributed by atoms with Crippen molar-refractivity contribution in [2.24, 2.45) is 0 Å². The Morgan fingerprint density at radius 3 is 2.38 bits per heavy atom. The highest BCUT2D eigenvalue weighted by atomic mass is 19.1. The number of rotatable bonds is 7. The van der Waals surface area contributed by atoms with E-state index in [1.54, 1.807) is 18.3 Å². The Bertz CT molecular complexity index is 552. The van der Waals surface area contributed by atoms with Gasteiger partial charge in [0.25, 0.3) is 0 Å². The zero-order valence-corrected chi connectivity index (χ0v) is 12.4. The molecule has 0 atom stereocenters. The molecular formula is C15H20FN5. The first-order valence-electron chi connectivity index (χ1n) is 7.20. The predicted octanol–water partition coefficient (Wildman–Crippen LogP) is 3.38. The van der Waals surface area contributed by atoms with Crippen molar-refractivity contribution in [1.29, 1.82) is 0 Å². The van der Waals surface area contributed by atoms with E-state index in [1.165, 1.54) is 12.1 Å². The van der Waals surface area contributed by atoms with Crippen LogP contribution in [0.2, 0.25) is 0 Å². The molecule has 2 aromatic rings. The van der Waals surface area contributed by atoms with E-state index in [1.807, 2.05) is 0 Å². The fourth-order valence-electron chi connectivity index (χ4n) is 2.04. The molecule has 0 aliphatic carbocycles. The van der Waals surface area contributed by atoms with Gasteiger partial charge in [0, 0.05) is 18.8 Å². The SMILES string of the molecule is CCCN(CCC)c1cnnc(Nc2ccc(F)cc2)n1. The van der Waals surface area contributed by atoms with Gasteiger partial charge < -0.3 is 10.2 Å². The first kappa shape index (κ1) is 15.2. The maximum Gasteiger partial charge on any atom is 0.249 e. The van der Waals surface area contributed by atoms with E-state index >= 15 is 0 Å². The minimum atomic E-state index is -0.273. The summed E-state index contributed by atoms with van der Waals surface area (Å²) in [5, 5.41) is 11.0. The van der Waals surface area contributed by atoms with Crippen molar-refractivity contribution >= 4 is 17.5 Å². The lowest BCUT2D eigenvalue weighted by molar-refractivity contribution is 0.628. The molecule has 1 aromatic heterocycles. The van der Waals surface area contributed by atoms with E-state index in [2.05, 4.69) is 39.2 Å². The minimum Gasteiger partial charge on any atom is -0.355 e. The van der Waals surface area contributed by atoms with Gasteiger partial charge in [0.1, 0.15) is 5.82 Å². The van der Waals surface area contributed by atoms with Crippen LogP contribution in [0.4, 0.5) is 21.8 Å². The lowest BCUT2D eigenvalue weighted by Crippen LogP contribution is -2.26. The lowest BCUT2D eigenvalue weighted by Gasteiger charge is -2.22. The number of benzene rings is 1. The van der Waals surface area contributed by atoms with Gasteiger partial charge in [0.05, 0.1) is 6.20 Å². The molecule has 112 valence electrons. The van der Waals surface area contributed by atoms with Crippen LogP contribution in [0.5, 0.6) is 0 Å². The van der Waals surface area contributed by atoms with Crippen molar-refractivity contribution in [2.75, 3.05) is 23.3 Å². The molecule has 0 aliphatic heterocycles. The average molecular weight is 289 g/mol. The summed E-state index contributed by atoms with van der Waals surface area (Å²) in [5.41, 5.74) is 0.730. The fourth-order valence-corrected chi connectivity index (χ4v) is 2.04. The number of halogens is 1. The molecular weight excluding hydrogens is 269 g/mol. The predicted molar refractivity (Wildman–Crippen MR) is 82.3 cm³/mol. The second-order valence-electron chi connectivity index (χ2n) is 4.76. The van der Waals surface area contributed by atoms with E-state index in [-0.39, 0.29) is 5.82 Å². The highest BCUT2D eigenvalue weighted by Gasteiger charge is 2.08. The topological polar surface area (TPSA) is 53.9 Å². The van der Waals surface area contributed by atoms with E-state index in [0.29, 0.717) is 5.95 Å². The lowest BCUT2D eigenvalue weighted by atomic mass is 10.3. The Balaban J connectivity index is 2.14. The van der Waals surface area contributed by atoms with Crippen molar-refractivity contribution in [2.45, 2.75) is 26.7 Å². The largest absolute Gasteiger partial charge is 0.355 e. The molecule has 0 radical (unpaired) electrons. The molecule has 1 aromatic carbocycles. The quantitative estimate of drug-likeness (QED) is 0.847. The van der Waals surface area contributed by atoms with Crippen LogP contribution in [0.3, 0.4) is 0 Å². The maximum absolute atomic E-state index is 12.9. The van der Waals surface area contributed by atoms with Crippen LogP contribution in [0, 0.1) is 5.82 Å². The maximum atomic E-state index is 12.9. The number of anilines is 3. The number of aromatic nitrogens is 3. The molecule has 0 fully saturated rings. The smallest absolute Gasteiger partial charge is 0.249 e. The first-order valence-corrected chi connectivity index (χ1v) is 7.20. The van der Waals surface area contributed by atoms with Crippen LogP contribution in [-0.2, 0) is 0 Å². The van der Waals surface area contributed by atoms with Gasteiger partial charge in [0.2, 0.25) is 5.95 Å². The van der Waals surface area contributed by atoms with E-state index < -0.39 is 0 Å². The van der Waals surface area contributed by atoms with Crippen LogP contribution in [-0.4, -0.2) is 28.3 Å². The summed E-state index contributed by atoms with van der Waals surface area (Å²) in [6.45, 7) is 6.13. The molecule has 0 saturated heterocycles. The molecule has 1 N–H and O–H groups in total. The van der Waals surface area contributed by atoms with Crippen LogP contribution in [0.25, 0.3) is 0 Å². The summed E-state index contributed by atoms with van der Waals surface area (Å²) in [5.74, 6) is 0.944. The Hall–Kier alpha value is -2.24. The average Bonchev–Trinajstić information content (AvgIpc) is 2.50. The normalized spacial score (nSPS) is 10.4. The Morgan fingerprint density at radius 2 is 1.76 bits per heavy atom. The molecule has 21 heavy (non-hydrogen) atoms. The van der Waals surface area contributed by atoms with E-state index in [9.17, 15) is 4.39 Å². The Kier molecular flexibility index (Phi) is 5.43. The van der Waals surface area contributed by atoms with Crippen molar-refractivity contribution in [3.05, 3.63) is 36.3 Å². The van der Waals surface area contributed by atoms with Gasteiger partial charge in [-0.1, -0.05) is 13.8 Å². The van der Waals surface area contributed by atoms with Gasteiger partial charge >= 0.3 is 0 Å². The van der Waals surface area contributed by atoms with Crippen LogP contribution in [0.15, 0.2) is 30.5 Å². The third kappa shape index (κ3) is 4.37. The highest BCUT2D eigenvalue weighted by molar-refractivity contribution is 5.54. The molecule has 0 amide bonds. The summed E-state index contributed by atoms with van der Waals surface area (Å²) in [6, 6.07) is 6.06. The molecule has 2 rings (SSSR count). The zero-order valence-electron chi connectivity index (χ0n) is 12.4. The van der Waals surface area contributed by atoms with Gasteiger partial charge in [-0.15, -0.1) is 5.10 Å². The highest BCUT2D eigenvalue weighted by Crippen LogP contribution is 2.16. The number of hydrogen-bond donors (Lipinski definition) is 1. The summed E-state index contributed by atoms with van der Waals surface area (Å²) in [6.07, 6.45) is 3.76. The summed E-state index contributed by atoms with van der Waals surface area (Å²) in [4.78, 5) is 6.66. The van der Waals surface area contributed by atoms with Gasteiger partial charge in [0.15, 0.2) is 5.82 Å². The molecule has 0 saturated carbocycles. The molecule has 0 spiro atoms.